The monoisotopic (exact) mass is 297 g/mol. The lowest BCUT2D eigenvalue weighted by molar-refractivity contribution is -0.136. The van der Waals surface area contributed by atoms with Crippen molar-refractivity contribution >= 4 is 34.1 Å². The molecule has 8 heteroatoms. The van der Waals surface area contributed by atoms with Gasteiger partial charge in [-0.15, -0.1) is 11.3 Å². The number of aryl methyl sites for hydroxylation is 1. The molecule has 108 valence electrons. The molecule has 4 N–H and O–H groups in total. The molecule has 0 saturated heterocycles. The van der Waals surface area contributed by atoms with E-state index in [1.165, 1.54) is 18.4 Å². The first-order valence-electron chi connectivity index (χ1n) is 6.13. The molecule has 0 unspecified atom stereocenters. The van der Waals surface area contributed by atoms with Crippen LogP contribution in [0.4, 0.5) is 5.00 Å². The first-order chi connectivity index (χ1) is 9.58. The van der Waals surface area contributed by atoms with E-state index in [-0.39, 0.29) is 0 Å². The minimum Gasteiger partial charge on any atom is -0.465 e. The average Bonchev–Trinajstić information content (AvgIpc) is 2.83. The molecular weight excluding hydrogens is 282 g/mol. The third-order valence-electron chi connectivity index (χ3n) is 3.13. The molecule has 1 aliphatic rings. The van der Waals surface area contributed by atoms with Crippen LogP contribution < -0.4 is 16.6 Å². The minimum absolute atomic E-state index is 0.345. The molecule has 0 spiro atoms. The Balaban J connectivity index is 2.36. The maximum atomic E-state index is 11.9. The van der Waals surface area contributed by atoms with Gasteiger partial charge in [-0.3, -0.25) is 15.0 Å². The molecule has 1 aliphatic carbocycles. The minimum atomic E-state index is -0.966. The first-order valence-corrected chi connectivity index (χ1v) is 6.95. The van der Waals surface area contributed by atoms with E-state index in [0.29, 0.717) is 10.6 Å². The number of methoxy groups -OCH3 is 1. The van der Waals surface area contributed by atoms with Crippen LogP contribution in [0.25, 0.3) is 0 Å². The summed E-state index contributed by atoms with van der Waals surface area (Å²) >= 11 is 1.31. The van der Waals surface area contributed by atoms with Gasteiger partial charge >= 0.3 is 17.8 Å². The maximum Gasteiger partial charge on any atom is 0.341 e. The van der Waals surface area contributed by atoms with E-state index in [9.17, 15) is 14.4 Å². The maximum absolute atomic E-state index is 11.9. The Bertz CT molecular complexity index is 567. The van der Waals surface area contributed by atoms with Crippen molar-refractivity contribution in [2.75, 3.05) is 12.4 Å². The van der Waals surface area contributed by atoms with E-state index in [1.807, 2.05) is 0 Å². The summed E-state index contributed by atoms with van der Waals surface area (Å²) in [6, 6.07) is 0. The summed E-state index contributed by atoms with van der Waals surface area (Å²) < 4.78 is 4.76. The van der Waals surface area contributed by atoms with E-state index in [2.05, 4.69) is 5.32 Å². The number of hydrogen-bond donors (Lipinski definition) is 3. The Kier molecular flexibility index (Phi) is 4.35. The lowest BCUT2D eigenvalue weighted by Gasteiger charge is -2.11. The summed E-state index contributed by atoms with van der Waals surface area (Å²) in [4.78, 5) is 35.7. The van der Waals surface area contributed by atoms with E-state index in [1.54, 1.807) is 5.43 Å². The molecule has 2 rings (SSSR count). The number of fused-ring (bicyclic) bond motifs is 1. The van der Waals surface area contributed by atoms with Gasteiger partial charge in [-0.25, -0.2) is 10.6 Å². The second-order valence-electron chi connectivity index (χ2n) is 4.33. The lowest BCUT2D eigenvalue weighted by atomic mass is 9.95. The Morgan fingerprint density at radius 1 is 1.20 bits per heavy atom. The number of esters is 1. The Hall–Kier alpha value is -1.93. The van der Waals surface area contributed by atoms with Crippen molar-refractivity contribution in [3.63, 3.8) is 0 Å². The average molecular weight is 297 g/mol. The number of amides is 2. The van der Waals surface area contributed by atoms with Crippen LogP contribution in [0.5, 0.6) is 0 Å². The van der Waals surface area contributed by atoms with E-state index >= 15 is 0 Å². The summed E-state index contributed by atoms with van der Waals surface area (Å²) in [5.41, 5.74) is 3.01. The van der Waals surface area contributed by atoms with Crippen LogP contribution in [-0.2, 0) is 27.2 Å². The predicted octanol–water partition coefficient (Wildman–Crippen LogP) is 0.342. The molecule has 0 aliphatic heterocycles. The quantitative estimate of drug-likeness (QED) is 0.240. The number of hydrogen-bond acceptors (Lipinski definition) is 6. The normalized spacial score (nSPS) is 13.3. The number of nitrogens with one attached hydrogen (secondary N) is 2. The molecule has 20 heavy (non-hydrogen) atoms. The van der Waals surface area contributed by atoms with Crippen LogP contribution in [0.15, 0.2) is 0 Å². The van der Waals surface area contributed by atoms with Crippen LogP contribution in [0.3, 0.4) is 0 Å². The van der Waals surface area contributed by atoms with Crippen molar-refractivity contribution in [3.05, 3.63) is 16.0 Å². The first kappa shape index (κ1) is 14.5. The van der Waals surface area contributed by atoms with Crippen LogP contribution >= 0.6 is 11.3 Å². The third kappa shape index (κ3) is 2.66. The smallest absolute Gasteiger partial charge is 0.341 e. The molecule has 0 radical (unpaired) electrons. The van der Waals surface area contributed by atoms with Gasteiger partial charge in [-0.05, 0) is 31.2 Å². The van der Waals surface area contributed by atoms with Gasteiger partial charge in [0.2, 0.25) is 0 Å². The van der Waals surface area contributed by atoms with Gasteiger partial charge in [0, 0.05) is 4.88 Å². The van der Waals surface area contributed by atoms with Crippen LogP contribution in [0.2, 0.25) is 0 Å². The molecule has 2 amide bonds. The van der Waals surface area contributed by atoms with E-state index in [4.69, 9.17) is 10.6 Å². The number of thiophene rings is 1. The molecular formula is C12H15N3O4S. The summed E-state index contributed by atoms with van der Waals surface area (Å²) in [5.74, 6) is 2.52. The number of rotatable bonds is 2. The molecule has 1 aromatic rings. The second kappa shape index (κ2) is 6.02. The zero-order valence-electron chi connectivity index (χ0n) is 10.9. The van der Waals surface area contributed by atoms with Gasteiger partial charge in [0.1, 0.15) is 5.00 Å². The summed E-state index contributed by atoms with van der Waals surface area (Å²) in [6.45, 7) is 0. The predicted molar refractivity (Wildman–Crippen MR) is 73.3 cm³/mol. The van der Waals surface area contributed by atoms with Crippen molar-refractivity contribution in [1.82, 2.24) is 5.43 Å². The van der Waals surface area contributed by atoms with Crippen molar-refractivity contribution in [2.45, 2.75) is 25.7 Å². The zero-order chi connectivity index (χ0) is 14.7. The van der Waals surface area contributed by atoms with E-state index < -0.39 is 17.8 Å². The van der Waals surface area contributed by atoms with Crippen molar-refractivity contribution in [3.8, 4) is 0 Å². The van der Waals surface area contributed by atoms with Gasteiger partial charge in [0.15, 0.2) is 0 Å². The van der Waals surface area contributed by atoms with Gasteiger partial charge in [0.05, 0.1) is 12.7 Å². The van der Waals surface area contributed by atoms with Gasteiger partial charge in [-0.1, -0.05) is 0 Å². The number of ether oxygens (including phenoxy) is 1. The number of carbonyl (C=O) groups excluding carboxylic acids is 3. The molecule has 0 fully saturated rings. The lowest BCUT2D eigenvalue weighted by Crippen LogP contribution is -2.39. The fourth-order valence-electron chi connectivity index (χ4n) is 2.20. The summed E-state index contributed by atoms with van der Waals surface area (Å²) in [5, 5.41) is 2.77. The van der Waals surface area contributed by atoms with Gasteiger partial charge in [0.25, 0.3) is 0 Å². The standard InChI is InChI=1S/C12H15N3O4S/c1-19-12(18)8-6-4-2-3-5-7(6)20-11(8)14-9(16)10(17)15-13/h2-5,13H2,1H3,(H,14,16)(H,15,17). The van der Waals surface area contributed by atoms with Gasteiger partial charge in [-0.2, -0.15) is 0 Å². The Morgan fingerprint density at radius 2 is 1.90 bits per heavy atom. The van der Waals surface area contributed by atoms with Gasteiger partial charge < -0.3 is 10.1 Å². The molecule has 1 heterocycles. The highest BCUT2D eigenvalue weighted by Gasteiger charge is 2.27. The van der Waals surface area contributed by atoms with Crippen LogP contribution in [0, 0.1) is 0 Å². The highest BCUT2D eigenvalue weighted by Crippen LogP contribution is 2.38. The number of hydrazine groups is 1. The van der Waals surface area contributed by atoms with Crippen LogP contribution in [-0.4, -0.2) is 24.9 Å². The van der Waals surface area contributed by atoms with E-state index in [0.717, 1.165) is 36.1 Å². The van der Waals surface area contributed by atoms with Crippen molar-refractivity contribution < 1.29 is 19.1 Å². The molecule has 1 aromatic heterocycles. The number of anilines is 1. The Morgan fingerprint density at radius 3 is 2.55 bits per heavy atom. The number of carbonyl (C=O) groups is 3. The molecule has 0 aromatic carbocycles. The largest absolute Gasteiger partial charge is 0.465 e. The molecule has 0 saturated carbocycles. The third-order valence-corrected chi connectivity index (χ3v) is 4.33. The van der Waals surface area contributed by atoms with Crippen LogP contribution in [0.1, 0.15) is 33.6 Å². The van der Waals surface area contributed by atoms with Crippen molar-refractivity contribution in [1.29, 1.82) is 0 Å². The Labute approximate surface area is 119 Å². The summed E-state index contributed by atoms with van der Waals surface area (Å²) in [6.07, 6.45) is 3.67. The molecule has 0 bridgehead atoms. The zero-order valence-corrected chi connectivity index (χ0v) is 11.8. The second-order valence-corrected chi connectivity index (χ2v) is 5.44. The molecule has 0 atom stereocenters. The van der Waals surface area contributed by atoms with Crippen molar-refractivity contribution in [2.24, 2.45) is 5.84 Å². The molecule has 7 nitrogen and oxygen atoms in total. The summed E-state index contributed by atoms with van der Waals surface area (Å²) in [7, 11) is 1.29. The highest BCUT2D eigenvalue weighted by molar-refractivity contribution is 7.17. The SMILES string of the molecule is COC(=O)c1c(NC(=O)C(=O)NN)sc2c1CCCC2. The highest BCUT2D eigenvalue weighted by atomic mass is 32.1. The fourth-order valence-corrected chi connectivity index (χ4v) is 3.47. The topological polar surface area (TPSA) is 111 Å². The fraction of sp³-hybridized carbons (Fsp3) is 0.417. The number of nitrogens with two attached hydrogens (primary N) is 1.